The second-order valence-electron chi connectivity index (χ2n) is 4.24. The average molecular weight is 317 g/mol. The molecule has 1 aromatic rings. The molecule has 98 valence electrons. The molecule has 1 rings (SSSR count). The Hall–Kier alpha value is -1.15. The molecule has 1 aromatic carbocycles. The van der Waals surface area contributed by atoms with E-state index in [4.69, 9.17) is 5.26 Å². The van der Waals surface area contributed by atoms with E-state index in [2.05, 4.69) is 15.9 Å². The maximum Gasteiger partial charge on any atom is 0.149 e. The number of hydrogen-bond donors (Lipinski definition) is 0. The Balaban J connectivity index is 3.16. The smallest absolute Gasteiger partial charge is 0.149 e. The van der Waals surface area contributed by atoms with Crippen LogP contribution in [0.5, 0.6) is 0 Å². The van der Waals surface area contributed by atoms with Crippen molar-refractivity contribution in [3.05, 3.63) is 29.3 Å². The number of halogens is 3. The van der Waals surface area contributed by atoms with Crippen molar-refractivity contribution in [1.29, 1.82) is 5.26 Å². The fraction of sp³-hybridized carbons (Fsp3) is 0.462. The maximum absolute atomic E-state index is 14.0. The third-order valence-electron chi connectivity index (χ3n) is 2.61. The number of hydrogen-bond acceptors (Lipinski definition) is 2. The van der Waals surface area contributed by atoms with Crippen LogP contribution in [-0.2, 0) is 5.33 Å². The molecule has 0 unspecified atom stereocenters. The minimum absolute atomic E-state index is 0.0510. The lowest BCUT2D eigenvalue weighted by Crippen LogP contribution is -2.33. The number of anilines is 1. The Bertz CT molecular complexity index is 432. The van der Waals surface area contributed by atoms with Gasteiger partial charge in [-0.15, -0.1) is 0 Å². The number of nitriles is 1. The standard InChI is InChI=1S/C13H15BrF2N2/c1-9(2)18(5-3-4-17)13-11(15)6-10(8-14)7-12(13)16/h6-7,9H,3,5,8H2,1-2H3. The van der Waals surface area contributed by atoms with E-state index in [1.165, 1.54) is 12.1 Å². The Labute approximate surface area is 114 Å². The lowest BCUT2D eigenvalue weighted by Gasteiger charge is -2.29. The van der Waals surface area contributed by atoms with Gasteiger partial charge in [-0.25, -0.2) is 8.78 Å². The van der Waals surface area contributed by atoms with Crippen molar-refractivity contribution < 1.29 is 8.78 Å². The molecule has 0 amide bonds. The van der Waals surface area contributed by atoms with Crippen LogP contribution in [0.15, 0.2) is 12.1 Å². The second-order valence-corrected chi connectivity index (χ2v) is 4.80. The summed E-state index contributed by atoms with van der Waals surface area (Å²) in [5.41, 5.74) is 0.502. The van der Waals surface area contributed by atoms with Crippen LogP contribution in [-0.4, -0.2) is 12.6 Å². The molecule has 0 aliphatic carbocycles. The number of rotatable bonds is 5. The lowest BCUT2D eigenvalue weighted by molar-refractivity contribution is 0.554. The predicted octanol–water partition coefficient (Wildman–Crippen LogP) is 3.99. The van der Waals surface area contributed by atoms with Crippen LogP contribution in [0, 0.1) is 23.0 Å². The van der Waals surface area contributed by atoms with E-state index >= 15 is 0 Å². The van der Waals surface area contributed by atoms with E-state index in [-0.39, 0.29) is 18.2 Å². The highest BCUT2D eigenvalue weighted by atomic mass is 79.9. The van der Waals surface area contributed by atoms with Gasteiger partial charge in [0.05, 0.1) is 12.5 Å². The molecule has 0 bridgehead atoms. The molecule has 0 radical (unpaired) electrons. The summed E-state index contributed by atoms with van der Waals surface area (Å²) in [6, 6.07) is 4.55. The largest absolute Gasteiger partial charge is 0.363 e. The van der Waals surface area contributed by atoms with Crippen molar-refractivity contribution in [2.45, 2.75) is 31.6 Å². The van der Waals surface area contributed by atoms with Gasteiger partial charge in [0.15, 0.2) is 0 Å². The molecule has 0 aliphatic rings. The fourth-order valence-electron chi connectivity index (χ4n) is 1.77. The minimum atomic E-state index is -0.587. The van der Waals surface area contributed by atoms with Crippen molar-refractivity contribution in [2.75, 3.05) is 11.4 Å². The van der Waals surface area contributed by atoms with Crippen molar-refractivity contribution in [3.63, 3.8) is 0 Å². The summed E-state index contributed by atoms with van der Waals surface area (Å²) in [6.07, 6.45) is 0.233. The van der Waals surface area contributed by atoms with Crippen LogP contribution in [0.1, 0.15) is 25.8 Å². The van der Waals surface area contributed by atoms with Gasteiger partial charge in [-0.05, 0) is 31.5 Å². The summed E-state index contributed by atoms with van der Waals surface area (Å²) >= 11 is 3.17. The van der Waals surface area contributed by atoms with Gasteiger partial charge in [0.25, 0.3) is 0 Å². The van der Waals surface area contributed by atoms with Crippen LogP contribution in [0.4, 0.5) is 14.5 Å². The molecule has 0 saturated carbocycles. The SMILES string of the molecule is CC(C)N(CCC#N)c1c(F)cc(CBr)cc1F. The van der Waals surface area contributed by atoms with Gasteiger partial charge in [0.1, 0.15) is 17.3 Å². The Morgan fingerprint density at radius 3 is 2.28 bits per heavy atom. The fourth-order valence-corrected chi connectivity index (χ4v) is 2.09. The van der Waals surface area contributed by atoms with E-state index in [9.17, 15) is 8.78 Å². The minimum Gasteiger partial charge on any atom is -0.363 e. The first-order valence-electron chi connectivity index (χ1n) is 5.68. The molecule has 0 aliphatic heterocycles. The van der Waals surface area contributed by atoms with Crippen molar-refractivity contribution in [3.8, 4) is 6.07 Å². The Morgan fingerprint density at radius 1 is 1.33 bits per heavy atom. The third kappa shape index (κ3) is 3.42. The quantitative estimate of drug-likeness (QED) is 0.768. The second kappa shape index (κ2) is 6.69. The van der Waals surface area contributed by atoms with Gasteiger partial charge < -0.3 is 4.90 Å². The highest BCUT2D eigenvalue weighted by molar-refractivity contribution is 9.08. The third-order valence-corrected chi connectivity index (χ3v) is 3.25. The molecule has 0 spiro atoms. The Morgan fingerprint density at radius 2 is 1.89 bits per heavy atom. The molecule has 0 heterocycles. The molecular formula is C13H15BrF2N2. The van der Waals surface area contributed by atoms with Crippen molar-refractivity contribution in [2.24, 2.45) is 0 Å². The van der Waals surface area contributed by atoms with Crippen LogP contribution < -0.4 is 4.90 Å². The van der Waals surface area contributed by atoms with E-state index in [0.29, 0.717) is 17.4 Å². The van der Waals surface area contributed by atoms with Crippen LogP contribution in [0.25, 0.3) is 0 Å². The molecular weight excluding hydrogens is 302 g/mol. The summed E-state index contributed by atoms with van der Waals surface area (Å²) in [7, 11) is 0. The van der Waals surface area contributed by atoms with E-state index in [1.54, 1.807) is 4.90 Å². The normalized spacial score (nSPS) is 10.5. The van der Waals surface area contributed by atoms with E-state index in [1.807, 2.05) is 19.9 Å². The number of nitrogens with zero attached hydrogens (tertiary/aromatic N) is 2. The molecule has 0 N–H and O–H groups in total. The first-order valence-corrected chi connectivity index (χ1v) is 6.80. The Kier molecular flexibility index (Phi) is 5.54. The van der Waals surface area contributed by atoms with Gasteiger partial charge in [0.2, 0.25) is 0 Å². The molecule has 0 atom stereocenters. The van der Waals surface area contributed by atoms with E-state index in [0.717, 1.165) is 0 Å². The summed E-state index contributed by atoms with van der Waals surface area (Å²) in [5.74, 6) is -1.17. The first kappa shape index (κ1) is 14.9. The zero-order valence-corrected chi connectivity index (χ0v) is 12.0. The summed E-state index contributed by atoms with van der Waals surface area (Å²) in [6.45, 7) is 4.00. The summed E-state index contributed by atoms with van der Waals surface area (Å²) in [4.78, 5) is 1.58. The van der Waals surface area contributed by atoms with Gasteiger partial charge in [-0.2, -0.15) is 5.26 Å². The summed E-state index contributed by atoms with van der Waals surface area (Å²) in [5, 5.41) is 9.00. The van der Waals surface area contributed by atoms with Gasteiger partial charge in [0, 0.05) is 17.9 Å². The topological polar surface area (TPSA) is 27.0 Å². The molecule has 5 heteroatoms. The average Bonchev–Trinajstić information content (AvgIpc) is 2.31. The highest BCUT2D eigenvalue weighted by Crippen LogP contribution is 2.27. The first-order chi connectivity index (χ1) is 8.51. The maximum atomic E-state index is 14.0. The van der Waals surface area contributed by atoms with Gasteiger partial charge in [-0.1, -0.05) is 15.9 Å². The van der Waals surface area contributed by atoms with Crippen LogP contribution >= 0.6 is 15.9 Å². The summed E-state index contributed by atoms with van der Waals surface area (Å²) < 4.78 is 27.9. The lowest BCUT2D eigenvalue weighted by atomic mass is 10.1. The van der Waals surface area contributed by atoms with Gasteiger partial charge >= 0.3 is 0 Å². The molecule has 0 fully saturated rings. The van der Waals surface area contributed by atoms with E-state index < -0.39 is 11.6 Å². The molecule has 2 nitrogen and oxygen atoms in total. The van der Waals surface area contributed by atoms with Crippen LogP contribution in [0.2, 0.25) is 0 Å². The zero-order valence-electron chi connectivity index (χ0n) is 10.4. The number of benzene rings is 1. The van der Waals surface area contributed by atoms with Crippen molar-refractivity contribution >= 4 is 21.6 Å². The molecule has 0 aromatic heterocycles. The highest BCUT2D eigenvalue weighted by Gasteiger charge is 2.20. The van der Waals surface area contributed by atoms with Gasteiger partial charge in [-0.3, -0.25) is 0 Å². The molecule has 0 saturated heterocycles. The number of alkyl halides is 1. The zero-order chi connectivity index (χ0) is 13.7. The van der Waals surface area contributed by atoms with Crippen molar-refractivity contribution in [1.82, 2.24) is 0 Å². The molecule has 18 heavy (non-hydrogen) atoms. The monoisotopic (exact) mass is 316 g/mol. The van der Waals surface area contributed by atoms with Crippen LogP contribution in [0.3, 0.4) is 0 Å². The predicted molar refractivity (Wildman–Crippen MR) is 71.7 cm³/mol.